The Balaban J connectivity index is 1.84. The van der Waals surface area contributed by atoms with E-state index in [0.717, 1.165) is 16.8 Å². The normalized spacial score (nSPS) is 10.6. The first-order valence-electron chi connectivity index (χ1n) is 9.32. The number of rotatable bonds is 8. The summed E-state index contributed by atoms with van der Waals surface area (Å²) in [4.78, 5) is 23.5. The Labute approximate surface area is 183 Å². The Morgan fingerprint density at radius 2 is 1.87 bits per heavy atom. The van der Waals surface area contributed by atoms with Crippen molar-refractivity contribution in [2.75, 3.05) is 18.9 Å². The van der Waals surface area contributed by atoms with Crippen molar-refractivity contribution in [3.8, 4) is 17.1 Å². The zero-order valence-corrected chi connectivity index (χ0v) is 18.2. The van der Waals surface area contributed by atoms with Gasteiger partial charge in [-0.05, 0) is 38.1 Å². The summed E-state index contributed by atoms with van der Waals surface area (Å²) in [5, 5.41) is 12.2. The van der Waals surface area contributed by atoms with Crippen molar-refractivity contribution in [2.45, 2.75) is 19.0 Å². The Kier molecular flexibility index (Phi) is 7.48. The van der Waals surface area contributed by atoms with Crippen molar-refractivity contribution in [1.29, 1.82) is 0 Å². The van der Waals surface area contributed by atoms with E-state index in [0.29, 0.717) is 16.0 Å². The molecule has 1 amide bonds. The van der Waals surface area contributed by atoms with Crippen LogP contribution in [-0.4, -0.2) is 45.5 Å². The highest BCUT2D eigenvalue weighted by Gasteiger charge is 2.19. The molecule has 0 fully saturated rings. The third-order valence-corrected chi connectivity index (χ3v) is 5.37. The number of aryl methyl sites for hydroxylation is 1. The number of halogens is 1. The number of amides is 1. The third kappa shape index (κ3) is 5.40. The molecule has 7 nitrogen and oxygen atoms in total. The molecule has 3 rings (SSSR count). The number of nitrogens with one attached hydrogen (secondary N) is 1. The smallest absolute Gasteiger partial charge is 0.325 e. The molecule has 2 aromatic carbocycles. The number of hydrogen-bond donors (Lipinski definition) is 1. The second-order valence-electron chi connectivity index (χ2n) is 6.33. The molecule has 1 N–H and O–H groups in total. The van der Waals surface area contributed by atoms with E-state index in [1.54, 1.807) is 13.0 Å². The van der Waals surface area contributed by atoms with E-state index >= 15 is 0 Å². The van der Waals surface area contributed by atoms with Crippen molar-refractivity contribution >= 4 is 35.2 Å². The summed E-state index contributed by atoms with van der Waals surface area (Å²) in [5.41, 5.74) is 2.72. The zero-order valence-electron chi connectivity index (χ0n) is 16.6. The fourth-order valence-corrected chi connectivity index (χ4v) is 3.67. The number of hydrogen-bond acceptors (Lipinski definition) is 6. The van der Waals surface area contributed by atoms with Crippen LogP contribution in [0.15, 0.2) is 53.7 Å². The van der Waals surface area contributed by atoms with Gasteiger partial charge in [0.1, 0.15) is 6.54 Å². The first kappa shape index (κ1) is 21.9. The topological polar surface area (TPSA) is 86.1 Å². The van der Waals surface area contributed by atoms with Crippen LogP contribution in [0.2, 0.25) is 5.02 Å². The van der Waals surface area contributed by atoms with Gasteiger partial charge in [0.25, 0.3) is 0 Å². The highest BCUT2D eigenvalue weighted by molar-refractivity contribution is 7.99. The van der Waals surface area contributed by atoms with Crippen LogP contribution >= 0.6 is 23.4 Å². The van der Waals surface area contributed by atoms with Gasteiger partial charge in [0, 0.05) is 11.3 Å². The minimum atomic E-state index is -0.473. The molecule has 0 saturated heterocycles. The number of ether oxygens (including phenoxy) is 1. The lowest BCUT2D eigenvalue weighted by Crippen LogP contribution is -2.31. The fraction of sp³-hybridized carbons (Fsp3) is 0.238. The molecule has 0 bridgehead atoms. The maximum absolute atomic E-state index is 12.1. The Hall–Kier alpha value is -2.84. The molecule has 9 heteroatoms. The van der Waals surface area contributed by atoms with Crippen molar-refractivity contribution in [2.24, 2.45) is 0 Å². The number of aromatic nitrogens is 3. The second kappa shape index (κ2) is 10.3. The largest absolute Gasteiger partial charge is 0.465 e. The first-order valence-corrected chi connectivity index (χ1v) is 10.7. The molecule has 0 atom stereocenters. The lowest BCUT2D eigenvalue weighted by atomic mass is 10.2. The molecule has 30 heavy (non-hydrogen) atoms. The molecule has 3 aromatic rings. The van der Waals surface area contributed by atoms with Gasteiger partial charge < -0.3 is 10.1 Å². The van der Waals surface area contributed by atoms with E-state index in [1.165, 1.54) is 11.8 Å². The summed E-state index contributed by atoms with van der Waals surface area (Å²) in [7, 11) is 0. The Morgan fingerprint density at radius 1 is 1.13 bits per heavy atom. The molecule has 0 saturated carbocycles. The number of esters is 1. The van der Waals surface area contributed by atoms with Crippen LogP contribution in [0.25, 0.3) is 17.1 Å². The monoisotopic (exact) mass is 444 g/mol. The number of carbonyl (C=O) groups excluding carboxylic acids is 2. The number of nitrogens with zero attached hydrogens (tertiary/aromatic N) is 3. The van der Waals surface area contributed by atoms with Gasteiger partial charge in [-0.15, -0.1) is 10.2 Å². The van der Waals surface area contributed by atoms with Gasteiger partial charge in [-0.3, -0.25) is 14.2 Å². The minimum absolute atomic E-state index is 0.0753. The van der Waals surface area contributed by atoms with Crippen LogP contribution < -0.4 is 5.32 Å². The summed E-state index contributed by atoms with van der Waals surface area (Å²) in [6.45, 7) is 3.83. The molecule has 0 aliphatic rings. The molecule has 0 aliphatic carbocycles. The average Bonchev–Trinajstić information content (AvgIpc) is 3.15. The standard InChI is InChI=1S/C21H21ClN4O3S/c1-3-29-19(28)12-23-18(27)13-30-21-25-24-20(16-6-4-5-7-17(16)22)26(21)15-10-8-14(2)9-11-15/h4-11H,3,12-13H2,1-2H3,(H,23,27). The van der Waals surface area contributed by atoms with Crippen LogP contribution in [0.4, 0.5) is 0 Å². The van der Waals surface area contributed by atoms with Gasteiger partial charge in [-0.1, -0.05) is 53.2 Å². The summed E-state index contributed by atoms with van der Waals surface area (Å²) in [6.07, 6.45) is 0. The van der Waals surface area contributed by atoms with Gasteiger partial charge in [0.15, 0.2) is 11.0 Å². The average molecular weight is 445 g/mol. The van der Waals surface area contributed by atoms with Gasteiger partial charge >= 0.3 is 5.97 Å². The summed E-state index contributed by atoms with van der Waals surface area (Å²) >= 11 is 7.60. The summed E-state index contributed by atoms with van der Waals surface area (Å²) in [6, 6.07) is 15.3. The van der Waals surface area contributed by atoms with E-state index in [4.69, 9.17) is 16.3 Å². The molecule has 1 aromatic heterocycles. The molecule has 1 heterocycles. The molecule has 0 aliphatic heterocycles. The predicted octanol–water partition coefficient (Wildman–Crippen LogP) is 3.67. The first-order chi connectivity index (χ1) is 14.5. The van der Waals surface area contributed by atoms with Gasteiger partial charge in [0.05, 0.1) is 17.4 Å². The minimum Gasteiger partial charge on any atom is -0.465 e. The van der Waals surface area contributed by atoms with E-state index in [2.05, 4.69) is 15.5 Å². The van der Waals surface area contributed by atoms with Crippen LogP contribution in [0.1, 0.15) is 12.5 Å². The molecule has 156 valence electrons. The third-order valence-electron chi connectivity index (χ3n) is 4.11. The fourth-order valence-electron chi connectivity index (χ4n) is 2.67. The zero-order chi connectivity index (χ0) is 21.5. The summed E-state index contributed by atoms with van der Waals surface area (Å²) < 4.78 is 6.67. The molecular weight excluding hydrogens is 424 g/mol. The van der Waals surface area contributed by atoms with E-state index in [9.17, 15) is 9.59 Å². The predicted molar refractivity (Wildman–Crippen MR) is 117 cm³/mol. The van der Waals surface area contributed by atoms with Crippen molar-refractivity contribution < 1.29 is 14.3 Å². The van der Waals surface area contributed by atoms with Crippen molar-refractivity contribution in [1.82, 2.24) is 20.1 Å². The molecular formula is C21H21ClN4O3S. The quantitative estimate of drug-likeness (QED) is 0.421. The second-order valence-corrected chi connectivity index (χ2v) is 7.68. The number of thioether (sulfide) groups is 1. The maximum atomic E-state index is 12.1. The van der Waals surface area contributed by atoms with Crippen molar-refractivity contribution in [3.63, 3.8) is 0 Å². The Bertz CT molecular complexity index is 1040. The highest BCUT2D eigenvalue weighted by atomic mass is 35.5. The van der Waals surface area contributed by atoms with Gasteiger partial charge in [-0.25, -0.2) is 0 Å². The van der Waals surface area contributed by atoms with Crippen LogP contribution in [0.5, 0.6) is 0 Å². The SMILES string of the molecule is CCOC(=O)CNC(=O)CSc1nnc(-c2ccccc2Cl)n1-c1ccc(C)cc1. The van der Waals surface area contributed by atoms with E-state index < -0.39 is 5.97 Å². The maximum Gasteiger partial charge on any atom is 0.325 e. The lowest BCUT2D eigenvalue weighted by Gasteiger charge is -2.11. The van der Waals surface area contributed by atoms with E-state index in [1.807, 2.05) is 54.0 Å². The van der Waals surface area contributed by atoms with E-state index in [-0.39, 0.29) is 24.8 Å². The number of benzene rings is 2. The van der Waals surface area contributed by atoms with Gasteiger partial charge in [-0.2, -0.15) is 0 Å². The van der Waals surface area contributed by atoms with Crippen LogP contribution in [0.3, 0.4) is 0 Å². The van der Waals surface area contributed by atoms with Crippen LogP contribution in [0, 0.1) is 6.92 Å². The molecule has 0 unspecified atom stereocenters. The lowest BCUT2D eigenvalue weighted by molar-refractivity contribution is -0.143. The molecule has 0 radical (unpaired) electrons. The molecule has 0 spiro atoms. The highest BCUT2D eigenvalue weighted by Crippen LogP contribution is 2.31. The number of carbonyl (C=O) groups is 2. The van der Waals surface area contributed by atoms with Crippen LogP contribution in [-0.2, 0) is 14.3 Å². The van der Waals surface area contributed by atoms with Crippen molar-refractivity contribution in [3.05, 3.63) is 59.1 Å². The van der Waals surface area contributed by atoms with Gasteiger partial charge in [0.2, 0.25) is 5.91 Å². The summed E-state index contributed by atoms with van der Waals surface area (Å²) in [5.74, 6) is -0.115. The Morgan fingerprint density at radius 3 is 2.57 bits per heavy atom.